The first-order valence-corrected chi connectivity index (χ1v) is 7.06. The Morgan fingerprint density at radius 3 is 2.88 bits per heavy atom. The third-order valence-electron chi connectivity index (χ3n) is 3.00. The molecule has 0 saturated carbocycles. The summed E-state index contributed by atoms with van der Waals surface area (Å²) in [6, 6.07) is 3.74. The molecule has 0 amide bonds. The maximum atomic E-state index is 5.89. The molecule has 17 heavy (non-hydrogen) atoms. The summed E-state index contributed by atoms with van der Waals surface area (Å²) < 4.78 is 6.03. The zero-order valence-electron chi connectivity index (χ0n) is 9.59. The second-order valence-electron chi connectivity index (χ2n) is 4.24. The van der Waals surface area contributed by atoms with Gasteiger partial charge in [0.2, 0.25) is 0 Å². The van der Waals surface area contributed by atoms with Crippen LogP contribution in [0.25, 0.3) is 0 Å². The molecule has 2 heterocycles. The summed E-state index contributed by atoms with van der Waals surface area (Å²) in [6.45, 7) is 2.77. The van der Waals surface area contributed by atoms with Crippen LogP contribution in [0, 0.1) is 5.92 Å². The molecule has 1 aromatic rings. The molecule has 0 aliphatic carbocycles. The zero-order chi connectivity index (χ0) is 12.1. The molecule has 0 unspecified atom stereocenters. The van der Waals surface area contributed by atoms with E-state index in [2.05, 4.69) is 26.2 Å². The first-order chi connectivity index (χ1) is 8.25. The molecule has 1 saturated heterocycles. The quantitative estimate of drug-likeness (QED) is 0.859. The first-order valence-electron chi connectivity index (χ1n) is 5.89. The zero-order valence-corrected chi connectivity index (χ0v) is 11.9. The highest BCUT2D eigenvalue weighted by Crippen LogP contribution is 2.22. The summed E-state index contributed by atoms with van der Waals surface area (Å²) in [5.41, 5.74) is 0. The van der Waals surface area contributed by atoms with Gasteiger partial charge in [0.15, 0.2) is 0 Å². The lowest BCUT2D eigenvalue weighted by molar-refractivity contribution is 0.0649. The Morgan fingerprint density at radius 1 is 1.41 bits per heavy atom. The SMILES string of the molecule is Clc1ccc(NCCC2CCOCC2)nc1Br. The van der Waals surface area contributed by atoms with Gasteiger partial charge < -0.3 is 10.1 Å². The number of aromatic nitrogens is 1. The van der Waals surface area contributed by atoms with Crippen molar-refractivity contribution in [2.45, 2.75) is 19.3 Å². The standard InChI is InChI=1S/C12H16BrClN2O/c13-12-10(14)1-2-11(16-12)15-6-3-9-4-7-17-8-5-9/h1-2,9H,3-8H2,(H,15,16). The fraction of sp³-hybridized carbons (Fsp3) is 0.583. The van der Waals surface area contributed by atoms with Gasteiger partial charge in [0, 0.05) is 19.8 Å². The fourth-order valence-corrected chi connectivity index (χ4v) is 2.38. The van der Waals surface area contributed by atoms with E-state index in [9.17, 15) is 0 Å². The molecular formula is C12H16BrClN2O. The van der Waals surface area contributed by atoms with Gasteiger partial charge in [0.25, 0.3) is 0 Å². The lowest BCUT2D eigenvalue weighted by Gasteiger charge is -2.21. The van der Waals surface area contributed by atoms with Gasteiger partial charge in [-0.05, 0) is 53.2 Å². The highest BCUT2D eigenvalue weighted by molar-refractivity contribution is 9.10. The maximum absolute atomic E-state index is 5.89. The number of nitrogens with zero attached hydrogens (tertiary/aromatic N) is 1. The number of hydrogen-bond acceptors (Lipinski definition) is 3. The highest BCUT2D eigenvalue weighted by atomic mass is 79.9. The van der Waals surface area contributed by atoms with Crippen LogP contribution in [0.15, 0.2) is 16.7 Å². The molecule has 0 spiro atoms. The van der Waals surface area contributed by atoms with Gasteiger partial charge in [-0.1, -0.05) is 11.6 Å². The predicted octanol–water partition coefficient (Wildman–Crippen LogP) is 3.73. The van der Waals surface area contributed by atoms with Crippen LogP contribution in [-0.4, -0.2) is 24.7 Å². The van der Waals surface area contributed by atoms with Crippen molar-refractivity contribution in [1.82, 2.24) is 4.98 Å². The first kappa shape index (κ1) is 13.1. The number of rotatable bonds is 4. The van der Waals surface area contributed by atoms with Crippen molar-refractivity contribution in [2.75, 3.05) is 25.1 Å². The van der Waals surface area contributed by atoms with Crippen LogP contribution in [0.3, 0.4) is 0 Å². The Labute approximate surface area is 115 Å². The van der Waals surface area contributed by atoms with Crippen molar-refractivity contribution in [3.8, 4) is 0 Å². The number of nitrogens with one attached hydrogen (secondary N) is 1. The minimum absolute atomic E-state index is 0.639. The van der Waals surface area contributed by atoms with E-state index in [-0.39, 0.29) is 0 Å². The average Bonchev–Trinajstić information content (AvgIpc) is 2.35. The minimum atomic E-state index is 0.639. The van der Waals surface area contributed by atoms with Crippen LogP contribution in [0.1, 0.15) is 19.3 Å². The molecule has 5 heteroatoms. The van der Waals surface area contributed by atoms with E-state index in [0.29, 0.717) is 9.63 Å². The normalized spacial score (nSPS) is 17.1. The summed E-state index contributed by atoms with van der Waals surface area (Å²) in [4.78, 5) is 4.30. The highest BCUT2D eigenvalue weighted by Gasteiger charge is 2.13. The monoisotopic (exact) mass is 318 g/mol. The molecule has 0 bridgehead atoms. The van der Waals surface area contributed by atoms with Crippen LogP contribution in [0.2, 0.25) is 5.02 Å². The summed E-state index contributed by atoms with van der Waals surface area (Å²) in [6.07, 6.45) is 3.53. The molecule has 0 radical (unpaired) electrons. The van der Waals surface area contributed by atoms with Crippen LogP contribution >= 0.6 is 27.5 Å². The van der Waals surface area contributed by atoms with Crippen LogP contribution in [0.4, 0.5) is 5.82 Å². The molecule has 1 N–H and O–H groups in total. The summed E-state index contributed by atoms with van der Waals surface area (Å²) in [5, 5.41) is 3.96. The molecule has 0 atom stereocenters. The Balaban J connectivity index is 1.75. The van der Waals surface area contributed by atoms with E-state index >= 15 is 0 Å². The lowest BCUT2D eigenvalue weighted by Crippen LogP contribution is -2.18. The van der Waals surface area contributed by atoms with Gasteiger partial charge in [0.1, 0.15) is 10.4 Å². The Kier molecular flexibility index (Phi) is 5.07. The summed E-state index contributed by atoms with van der Waals surface area (Å²) in [7, 11) is 0. The van der Waals surface area contributed by atoms with Crippen LogP contribution in [-0.2, 0) is 4.74 Å². The second-order valence-corrected chi connectivity index (χ2v) is 5.40. The van der Waals surface area contributed by atoms with Gasteiger partial charge in [-0.2, -0.15) is 0 Å². The number of hydrogen-bond donors (Lipinski definition) is 1. The van der Waals surface area contributed by atoms with Crippen LogP contribution in [0.5, 0.6) is 0 Å². The van der Waals surface area contributed by atoms with Crippen molar-refractivity contribution >= 4 is 33.3 Å². The number of ether oxygens (including phenoxy) is 1. The topological polar surface area (TPSA) is 34.1 Å². The van der Waals surface area contributed by atoms with E-state index in [1.165, 1.54) is 19.3 Å². The molecule has 0 aromatic carbocycles. The van der Waals surface area contributed by atoms with Crippen molar-refractivity contribution in [2.24, 2.45) is 5.92 Å². The molecule has 1 aromatic heterocycles. The Bertz CT molecular complexity index is 370. The molecular weight excluding hydrogens is 304 g/mol. The van der Waals surface area contributed by atoms with Crippen molar-refractivity contribution in [1.29, 1.82) is 0 Å². The van der Waals surface area contributed by atoms with Crippen LogP contribution < -0.4 is 5.32 Å². The number of pyridine rings is 1. The molecule has 94 valence electrons. The third-order valence-corrected chi connectivity index (χ3v) is 4.14. The Hall–Kier alpha value is -0.320. The van der Waals surface area contributed by atoms with Crippen molar-refractivity contribution < 1.29 is 4.74 Å². The summed E-state index contributed by atoms with van der Waals surface area (Å²) in [5.74, 6) is 1.65. The average molecular weight is 320 g/mol. The van der Waals surface area contributed by atoms with Gasteiger partial charge in [-0.3, -0.25) is 0 Å². The number of anilines is 1. The van der Waals surface area contributed by atoms with E-state index < -0.39 is 0 Å². The third kappa shape index (κ3) is 4.12. The van der Waals surface area contributed by atoms with E-state index in [4.69, 9.17) is 16.3 Å². The van der Waals surface area contributed by atoms with E-state index in [1.54, 1.807) is 0 Å². The second kappa shape index (κ2) is 6.57. The van der Waals surface area contributed by atoms with Crippen molar-refractivity contribution in [3.05, 3.63) is 21.8 Å². The molecule has 2 rings (SSSR count). The molecule has 3 nitrogen and oxygen atoms in total. The smallest absolute Gasteiger partial charge is 0.127 e. The molecule has 1 aliphatic heterocycles. The van der Waals surface area contributed by atoms with E-state index in [0.717, 1.165) is 31.5 Å². The number of halogens is 2. The Morgan fingerprint density at radius 2 is 2.18 bits per heavy atom. The summed E-state index contributed by atoms with van der Waals surface area (Å²) >= 11 is 9.20. The van der Waals surface area contributed by atoms with Crippen molar-refractivity contribution in [3.63, 3.8) is 0 Å². The molecule has 1 aliphatic rings. The van der Waals surface area contributed by atoms with Gasteiger partial charge >= 0.3 is 0 Å². The predicted molar refractivity (Wildman–Crippen MR) is 73.6 cm³/mol. The van der Waals surface area contributed by atoms with E-state index in [1.807, 2.05) is 12.1 Å². The largest absolute Gasteiger partial charge is 0.381 e. The minimum Gasteiger partial charge on any atom is -0.381 e. The van der Waals surface area contributed by atoms with Gasteiger partial charge in [-0.25, -0.2) is 4.98 Å². The lowest BCUT2D eigenvalue weighted by atomic mass is 9.97. The van der Waals surface area contributed by atoms with Gasteiger partial charge in [-0.15, -0.1) is 0 Å². The fourth-order valence-electron chi connectivity index (χ4n) is 1.96. The molecule has 1 fully saturated rings. The maximum Gasteiger partial charge on any atom is 0.127 e. The van der Waals surface area contributed by atoms with Gasteiger partial charge in [0.05, 0.1) is 5.02 Å².